The summed E-state index contributed by atoms with van der Waals surface area (Å²) in [5, 5.41) is 12.1. The van der Waals surface area contributed by atoms with Crippen molar-refractivity contribution in [1.29, 1.82) is 0 Å². The summed E-state index contributed by atoms with van der Waals surface area (Å²) in [5.74, 6) is -2.34. The maximum absolute atomic E-state index is 12.4. The van der Waals surface area contributed by atoms with Crippen molar-refractivity contribution in [2.75, 3.05) is 5.32 Å². The molecule has 1 amide bonds. The van der Waals surface area contributed by atoms with Crippen molar-refractivity contribution >= 4 is 17.6 Å². The molecule has 0 spiro atoms. The normalized spacial score (nSPS) is 19.7. The van der Waals surface area contributed by atoms with E-state index in [9.17, 15) is 14.7 Å². The molecule has 0 aromatic heterocycles. The van der Waals surface area contributed by atoms with E-state index in [0.29, 0.717) is 18.5 Å². The third kappa shape index (κ3) is 3.54. The summed E-state index contributed by atoms with van der Waals surface area (Å²) in [6.07, 6.45) is 4.57. The Bertz CT molecular complexity index is 750. The van der Waals surface area contributed by atoms with Gasteiger partial charge in [-0.15, -0.1) is 0 Å². The summed E-state index contributed by atoms with van der Waals surface area (Å²) in [6, 6.07) is 17.6. The fourth-order valence-corrected chi connectivity index (χ4v) is 2.99. The number of carbonyl (C=O) groups is 2. The first kappa shape index (κ1) is 16.0. The minimum absolute atomic E-state index is 0.237. The number of nitrogens with one attached hydrogen (secondary N) is 1. The maximum atomic E-state index is 12.4. The fraction of sp³-hybridized carbons (Fsp3) is 0.200. The van der Waals surface area contributed by atoms with Gasteiger partial charge in [0.1, 0.15) is 0 Å². The van der Waals surface area contributed by atoms with Crippen LogP contribution in [0.25, 0.3) is 11.1 Å². The van der Waals surface area contributed by atoms with Gasteiger partial charge >= 0.3 is 5.97 Å². The molecule has 1 aliphatic rings. The Kier molecular flexibility index (Phi) is 4.75. The number of carboxylic acid groups (broad SMARTS) is 1. The van der Waals surface area contributed by atoms with Crippen molar-refractivity contribution in [3.63, 3.8) is 0 Å². The monoisotopic (exact) mass is 321 g/mol. The van der Waals surface area contributed by atoms with Crippen LogP contribution >= 0.6 is 0 Å². The third-order valence-electron chi connectivity index (χ3n) is 4.35. The number of carboxylic acids is 1. The van der Waals surface area contributed by atoms with Gasteiger partial charge in [-0.2, -0.15) is 0 Å². The van der Waals surface area contributed by atoms with Crippen LogP contribution < -0.4 is 5.32 Å². The molecule has 2 aromatic rings. The Morgan fingerprint density at radius 2 is 1.42 bits per heavy atom. The van der Waals surface area contributed by atoms with E-state index in [1.54, 1.807) is 0 Å². The highest BCUT2D eigenvalue weighted by Crippen LogP contribution is 2.28. The van der Waals surface area contributed by atoms with Crippen LogP contribution in [0.2, 0.25) is 0 Å². The van der Waals surface area contributed by atoms with Gasteiger partial charge in [-0.1, -0.05) is 54.6 Å². The highest BCUT2D eigenvalue weighted by Gasteiger charge is 2.33. The predicted molar refractivity (Wildman–Crippen MR) is 93.5 cm³/mol. The zero-order valence-electron chi connectivity index (χ0n) is 13.2. The molecular weight excluding hydrogens is 302 g/mol. The Morgan fingerprint density at radius 1 is 0.833 bits per heavy atom. The van der Waals surface area contributed by atoms with Crippen molar-refractivity contribution in [2.24, 2.45) is 11.8 Å². The van der Waals surface area contributed by atoms with Gasteiger partial charge in [0.25, 0.3) is 0 Å². The Labute approximate surface area is 140 Å². The van der Waals surface area contributed by atoms with Crippen molar-refractivity contribution < 1.29 is 14.7 Å². The smallest absolute Gasteiger partial charge is 0.307 e. The number of allylic oxidation sites excluding steroid dienone is 2. The van der Waals surface area contributed by atoms with Gasteiger partial charge in [0.15, 0.2) is 0 Å². The summed E-state index contributed by atoms with van der Waals surface area (Å²) >= 11 is 0. The molecule has 0 bridgehead atoms. The first-order valence-electron chi connectivity index (χ1n) is 7.99. The Balaban J connectivity index is 1.70. The Morgan fingerprint density at radius 3 is 2.04 bits per heavy atom. The molecule has 2 unspecified atom stereocenters. The lowest BCUT2D eigenvalue weighted by molar-refractivity contribution is -0.146. The molecule has 1 aliphatic carbocycles. The van der Waals surface area contributed by atoms with Crippen LogP contribution in [0.3, 0.4) is 0 Å². The van der Waals surface area contributed by atoms with E-state index in [1.165, 1.54) is 0 Å². The van der Waals surface area contributed by atoms with E-state index in [1.807, 2.05) is 66.7 Å². The fourth-order valence-electron chi connectivity index (χ4n) is 2.99. The van der Waals surface area contributed by atoms with E-state index in [4.69, 9.17) is 0 Å². The number of hydrogen-bond acceptors (Lipinski definition) is 2. The number of anilines is 1. The maximum Gasteiger partial charge on any atom is 0.307 e. The van der Waals surface area contributed by atoms with Crippen LogP contribution in [0.4, 0.5) is 5.69 Å². The van der Waals surface area contributed by atoms with Gasteiger partial charge in [-0.05, 0) is 36.1 Å². The average molecular weight is 321 g/mol. The molecule has 4 heteroatoms. The second-order valence-electron chi connectivity index (χ2n) is 5.93. The summed E-state index contributed by atoms with van der Waals surface area (Å²) in [7, 11) is 0. The van der Waals surface area contributed by atoms with E-state index in [2.05, 4.69) is 5.32 Å². The first-order valence-corrected chi connectivity index (χ1v) is 7.99. The van der Waals surface area contributed by atoms with Gasteiger partial charge in [-0.3, -0.25) is 9.59 Å². The van der Waals surface area contributed by atoms with Crippen molar-refractivity contribution in [2.45, 2.75) is 12.8 Å². The van der Waals surface area contributed by atoms with Gasteiger partial charge < -0.3 is 10.4 Å². The number of aliphatic carboxylic acids is 1. The molecule has 3 rings (SSSR count). The predicted octanol–water partition coefficient (Wildman–Crippen LogP) is 3.96. The highest BCUT2D eigenvalue weighted by atomic mass is 16.4. The highest BCUT2D eigenvalue weighted by molar-refractivity contribution is 5.95. The van der Waals surface area contributed by atoms with Crippen LogP contribution in [-0.2, 0) is 9.59 Å². The lowest BCUT2D eigenvalue weighted by Crippen LogP contribution is -2.34. The molecule has 0 heterocycles. The molecule has 0 saturated carbocycles. The van der Waals surface area contributed by atoms with Crippen LogP contribution in [0.1, 0.15) is 12.8 Å². The molecule has 0 saturated heterocycles. The minimum Gasteiger partial charge on any atom is -0.481 e. The largest absolute Gasteiger partial charge is 0.481 e. The van der Waals surface area contributed by atoms with Gasteiger partial charge in [0, 0.05) is 5.69 Å². The molecule has 2 N–H and O–H groups in total. The second kappa shape index (κ2) is 7.13. The number of rotatable bonds is 4. The van der Waals surface area contributed by atoms with E-state index < -0.39 is 17.8 Å². The molecule has 122 valence electrons. The molecule has 4 nitrogen and oxygen atoms in total. The second-order valence-corrected chi connectivity index (χ2v) is 5.93. The Hall–Kier alpha value is -2.88. The zero-order chi connectivity index (χ0) is 16.9. The molecule has 24 heavy (non-hydrogen) atoms. The lowest BCUT2D eigenvalue weighted by Gasteiger charge is -2.24. The number of benzene rings is 2. The van der Waals surface area contributed by atoms with Crippen LogP contribution in [0.5, 0.6) is 0 Å². The van der Waals surface area contributed by atoms with Crippen LogP contribution in [-0.4, -0.2) is 17.0 Å². The van der Waals surface area contributed by atoms with Crippen molar-refractivity contribution in [1.82, 2.24) is 0 Å². The van der Waals surface area contributed by atoms with Crippen molar-refractivity contribution in [3.05, 3.63) is 66.7 Å². The summed E-state index contributed by atoms with van der Waals surface area (Å²) in [6.45, 7) is 0. The quantitative estimate of drug-likeness (QED) is 0.838. The topological polar surface area (TPSA) is 66.4 Å². The minimum atomic E-state index is -0.918. The first-order chi connectivity index (χ1) is 11.6. The standard InChI is InChI=1S/C20H19NO3/c22-19(17-8-4-5-9-18(17)20(23)24)21-16-12-10-15(11-13-16)14-6-2-1-3-7-14/h1-7,10-13,17-18H,8-9H2,(H,21,22)(H,23,24). The van der Waals surface area contributed by atoms with E-state index in [0.717, 1.165) is 11.1 Å². The summed E-state index contributed by atoms with van der Waals surface area (Å²) < 4.78 is 0. The molecule has 0 radical (unpaired) electrons. The van der Waals surface area contributed by atoms with E-state index >= 15 is 0 Å². The number of amides is 1. The zero-order valence-corrected chi connectivity index (χ0v) is 13.2. The van der Waals surface area contributed by atoms with Gasteiger partial charge in [-0.25, -0.2) is 0 Å². The molecule has 0 fully saturated rings. The molecular formula is C20H19NO3. The van der Waals surface area contributed by atoms with Crippen LogP contribution in [0, 0.1) is 11.8 Å². The lowest BCUT2D eigenvalue weighted by atomic mass is 9.82. The summed E-state index contributed by atoms with van der Waals surface area (Å²) in [5.41, 5.74) is 2.86. The van der Waals surface area contributed by atoms with Gasteiger partial charge in [0.2, 0.25) is 5.91 Å². The molecule has 2 atom stereocenters. The molecule has 2 aromatic carbocycles. The van der Waals surface area contributed by atoms with Crippen molar-refractivity contribution in [3.8, 4) is 11.1 Å². The van der Waals surface area contributed by atoms with Crippen LogP contribution in [0.15, 0.2) is 66.7 Å². The van der Waals surface area contributed by atoms with Gasteiger partial charge in [0.05, 0.1) is 11.8 Å². The molecule has 0 aliphatic heterocycles. The number of hydrogen-bond donors (Lipinski definition) is 2. The SMILES string of the molecule is O=C(O)C1CC=CCC1C(=O)Nc1ccc(-c2ccccc2)cc1. The average Bonchev–Trinajstić information content (AvgIpc) is 2.63. The third-order valence-corrected chi connectivity index (χ3v) is 4.35. The number of carbonyl (C=O) groups excluding carboxylic acids is 1. The summed E-state index contributed by atoms with van der Waals surface area (Å²) in [4.78, 5) is 23.7. The van der Waals surface area contributed by atoms with E-state index in [-0.39, 0.29) is 5.91 Å².